The maximum atomic E-state index is 16.5. The Morgan fingerprint density at radius 3 is 1.55 bits per heavy atom. The van der Waals surface area contributed by atoms with Gasteiger partial charge in [0.2, 0.25) is 0 Å². The number of rotatable bonds is 4. The molecule has 14 rings (SSSR count). The highest BCUT2D eigenvalue weighted by Crippen LogP contribution is 2.65. The maximum Gasteiger partial charge on any atom is 0.418 e. The van der Waals surface area contributed by atoms with Crippen LogP contribution in [-0.2, 0) is 11.6 Å². The van der Waals surface area contributed by atoms with E-state index in [0.717, 1.165) is 55.3 Å². The van der Waals surface area contributed by atoms with Crippen LogP contribution in [0.2, 0.25) is 0 Å². The molecule has 0 atom stereocenters. The molecule has 2 aliphatic carbocycles. The van der Waals surface area contributed by atoms with Crippen LogP contribution in [0.3, 0.4) is 0 Å². The van der Waals surface area contributed by atoms with E-state index in [1.54, 1.807) is 6.07 Å². The zero-order chi connectivity index (χ0) is 44.6. The van der Waals surface area contributed by atoms with E-state index in [1.165, 1.54) is 6.07 Å². The van der Waals surface area contributed by atoms with Crippen molar-refractivity contribution in [3.8, 4) is 62.1 Å². The Morgan fingerprint density at radius 2 is 0.940 bits per heavy atom. The molecule has 3 heterocycles. The van der Waals surface area contributed by atoms with Crippen molar-refractivity contribution in [2.75, 3.05) is 0 Å². The lowest BCUT2D eigenvalue weighted by molar-refractivity contribution is -0.137. The summed E-state index contributed by atoms with van der Waals surface area (Å²) in [4.78, 5) is 14.7. The van der Waals surface area contributed by atoms with E-state index in [2.05, 4.69) is 78.9 Å². The van der Waals surface area contributed by atoms with Gasteiger partial charge in [0.15, 0.2) is 17.5 Å². The highest BCUT2D eigenvalue weighted by atomic mass is 19.4. The van der Waals surface area contributed by atoms with Crippen LogP contribution in [0.5, 0.6) is 0 Å². The summed E-state index contributed by atoms with van der Waals surface area (Å²) < 4.78 is 58.2. The predicted molar refractivity (Wildman–Crippen MR) is 259 cm³/mol. The number of hydrogen-bond donors (Lipinski definition) is 0. The fraction of sp³-hybridized carbons (Fsp3) is 0.0339. The Hall–Kier alpha value is -8.62. The number of para-hydroxylation sites is 2. The smallest absolute Gasteiger partial charge is 0.418 e. The van der Waals surface area contributed by atoms with E-state index in [0.29, 0.717) is 50.2 Å². The zero-order valence-electron chi connectivity index (χ0n) is 35.4. The van der Waals surface area contributed by atoms with Crippen LogP contribution in [0, 0.1) is 0 Å². The van der Waals surface area contributed by atoms with Crippen LogP contribution in [0.4, 0.5) is 13.2 Å². The summed E-state index contributed by atoms with van der Waals surface area (Å²) in [5, 5.41) is 2.58. The predicted octanol–water partition coefficient (Wildman–Crippen LogP) is 15.2. The van der Waals surface area contributed by atoms with Crippen molar-refractivity contribution >= 4 is 43.7 Å². The molecule has 9 aromatic carbocycles. The summed E-state index contributed by atoms with van der Waals surface area (Å²) in [6.45, 7) is 0. The minimum absolute atomic E-state index is 0.0280. The second kappa shape index (κ2) is 13.7. The van der Waals surface area contributed by atoms with Crippen molar-refractivity contribution in [3.05, 3.63) is 228 Å². The molecule has 12 aromatic rings. The third-order valence-electron chi connectivity index (χ3n) is 13.9. The van der Waals surface area contributed by atoms with Gasteiger partial charge >= 0.3 is 6.18 Å². The summed E-state index contributed by atoms with van der Waals surface area (Å²) in [7, 11) is 0. The first-order valence-corrected chi connectivity index (χ1v) is 22.2. The van der Waals surface area contributed by atoms with E-state index in [1.807, 2.05) is 114 Å². The summed E-state index contributed by atoms with van der Waals surface area (Å²) in [6, 6.07) is 64.9. The van der Waals surface area contributed by atoms with Gasteiger partial charge < -0.3 is 8.98 Å². The monoisotopic (exact) mass is 870 g/mol. The third kappa shape index (κ3) is 5.12. The van der Waals surface area contributed by atoms with Gasteiger partial charge in [-0.2, -0.15) is 13.2 Å². The second-order valence-electron chi connectivity index (χ2n) is 17.3. The number of benzene rings is 9. The molecule has 2 aliphatic rings. The van der Waals surface area contributed by atoms with Gasteiger partial charge in [-0.05, 0) is 68.8 Å². The Labute approximate surface area is 381 Å². The van der Waals surface area contributed by atoms with Gasteiger partial charge in [0.25, 0.3) is 0 Å². The first-order chi connectivity index (χ1) is 32.9. The van der Waals surface area contributed by atoms with Gasteiger partial charge in [-0.3, -0.25) is 0 Å². The van der Waals surface area contributed by atoms with E-state index in [4.69, 9.17) is 19.4 Å². The van der Waals surface area contributed by atoms with Gasteiger partial charge in [-0.25, -0.2) is 15.0 Å². The molecule has 0 fully saturated rings. The van der Waals surface area contributed by atoms with E-state index < -0.39 is 17.2 Å². The molecule has 0 bridgehead atoms. The largest absolute Gasteiger partial charge is 0.455 e. The Morgan fingerprint density at radius 1 is 0.433 bits per heavy atom. The number of alkyl halides is 3. The number of furan rings is 1. The lowest BCUT2D eigenvalue weighted by Gasteiger charge is -2.31. The number of halogens is 3. The number of nitrogens with zero attached hydrogens (tertiary/aromatic N) is 4. The van der Waals surface area contributed by atoms with Crippen molar-refractivity contribution < 1.29 is 17.6 Å². The maximum absolute atomic E-state index is 16.5. The molecule has 0 saturated carbocycles. The lowest BCUT2D eigenvalue weighted by Crippen LogP contribution is -2.26. The van der Waals surface area contributed by atoms with Crippen molar-refractivity contribution in [3.63, 3.8) is 0 Å². The Bertz CT molecular complexity index is 3920. The van der Waals surface area contributed by atoms with Crippen molar-refractivity contribution in [1.29, 1.82) is 0 Å². The SMILES string of the molecule is FC(F)(F)c1cc(-c2nc(-c3ccccc3)nc(-c3ccccc3)n2)c2oc3ccccc3c2c1-n1c2ccccc2c2c3c(ccc21)-c1ccccc1C31c2ccccc2-c2ccccc21. The third-order valence-corrected chi connectivity index (χ3v) is 13.9. The van der Waals surface area contributed by atoms with Crippen LogP contribution in [-0.4, -0.2) is 19.5 Å². The molecule has 8 heteroatoms. The highest BCUT2D eigenvalue weighted by Gasteiger charge is 2.53. The van der Waals surface area contributed by atoms with Crippen molar-refractivity contribution in [2.45, 2.75) is 11.6 Å². The lowest BCUT2D eigenvalue weighted by atomic mass is 9.69. The fourth-order valence-corrected chi connectivity index (χ4v) is 11.3. The Kier molecular flexibility index (Phi) is 7.71. The number of hydrogen-bond acceptors (Lipinski definition) is 4. The Balaban J connectivity index is 1.13. The second-order valence-corrected chi connectivity index (χ2v) is 17.3. The molecule has 0 unspecified atom stereocenters. The molecule has 0 amide bonds. The van der Waals surface area contributed by atoms with E-state index >= 15 is 13.2 Å². The minimum atomic E-state index is -4.84. The summed E-state index contributed by atoms with van der Waals surface area (Å²) >= 11 is 0. The summed E-state index contributed by atoms with van der Waals surface area (Å²) in [6.07, 6.45) is -4.84. The van der Waals surface area contributed by atoms with Crippen LogP contribution < -0.4 is 0 Å². The number of aromatic nitrogens is 4. The average Bonchev–Trinajstić information content (AvgIpc) is 4.10. The van der Waals surface area contributed by atoms with Crippen LogP contribution in [0.1, 0.15) is 27.8 Å². The molecule has 0 N–H and O–H groups in total. The van der Waals surface area contributed by atoms with E-state index in [9.17, 15) is 0 Å². The normalized spacial score (nSPS) is 13.4. The quantitative estimate of drug-likeness (QED) is 0.177. The molecule has 316 valence electrons. The van der Waals surface area contributed by atoms with Gasteiger partial charge in [-0.15, -0.1) is 0 Å². The molecule has 0 aliphatic heterocycles. The molecule has 67 heavy (non-hydrogen) atoms. The first kappa shape index (κ1) is 37.7. The fourth-order valence-electron chi connectivity index (χ4n) is 11.3. The number of fused-ring (bicyclic) bond motifs is 17. The van der Waals surface area contributed by atoms with Crippen LogP contribution >= 0.6 is 0 Å². The van der Waals surface area contributed by atoms with Gasteiger partial charge in [0.1, 0.15) is 11.2 Å². The molecule has 1 spiro atoms. The summed E-state index contributed by atoms with van der Waals surface area (Å²) in [5.74, 6) is 0.715. The van der Waals surface area contributed by atoms with Crippen LogP contribution in [0.25, 0.3) is 106 Å². The molecular formula is C59H33F3N4O. The summed E-state index contributed by atoms with van der Waals surface area (Å²) in [5.41, 5.74) is 10.8. The van der Waals surface area contributed by atoms with Gasteiger partial charge in [0, 0.05) is 27.3 Å². The highest BCUT2D eigenvalue weighted by molar-refractivity contribution is 6.20. The minimum Gasteiger partial charge on any atom is -0.455 e. The topological polar surface area (TPSA) is 56.7 Å². The zero-order valence-corrected chi connectivity index (χ0v) is 35.4. The van der Waals surface area contributed by atoms with Crippen LogP contribution in [0.15, 0.2) is 205 Å². The standard InChI is InChI=1S/C59H33F3N4O/c60-59(61,62)46-33-42(57-64-55(34-17-3-1-4-18-34)63-56(65-57)35-19-5-2-6-20-35)54-51(41-25-11-16-30-49(41)67-54)53(46)66-47-29-15-10-24-40(47)50-48(66)32-31-39-38-23-9-14-28-45(38)58(52(39)50)43-26-12-7-21-36(43)37-22-8-13-27-44(37)58/h1-33H. The van der Waals surface area contributed by atoms with Gasteiger partial charge in [0.05, 0.1) is 38.6 Å². The first-order valence-electron chi connectivity index (χ1n) is 22.2. The van der Waals surface area contributed by atoms with E-state index in [-0.39, 0.29) is 22.7 Å². The van der Waals surface area contributed by atoms with Crippen molar-refractivity contribution in [2.24, 2.45) is 0 Å². The molecule has 0 saturated heterocycles. The van der Waals surface area contributed by atoms with Gasteiger partial charge in [-0.1, -0.05) is 176 Å². The molecular weight excluding hydrogens is 838 g/mol. The van der Waals surface area contributed by atoms with Crippen molar-refractivity contribution in [1.82, 2.24) is 19.5 Å². The molecule has 0 radical (unpaired) electrons. The average molecular weight is 871 g/mol. The molecule has 5 nitrogen and oxygen atoms in total. The molecule has 3 aromatic heterocycles.